The van der Waals surface area contributed by atoms with Crippen LogP contribution in [0, 0.1) is 0 Å². The van der Waals surface area contributed by atoms with Gasteiger partial charge in [0.25, 0.3) is 0 Å². The van der Waals surface area contributed by atoms with Crippen LogP contribution in [0.4, 0.5) is 11.6 Å². The van der Waals surface area contributed by atoms with Crippen LogP contribution in [0.2, 0.25) is 0 Å². The van der Waals surface area contributed by atoms with Gasteiger partial charge in [0.05, 0.1) is 5.69 Å². The molecule has 1 saturated heterocycles. The zero-order valence-electron chi connectivity index (χ0n) is 21.5. The molecule has 0 spiro atoms. The number of piperidine rings is 1. The first kappa shape index (κ1) is 24.2. The summed E-state index contributed by atoms with van der Waals surface area (Å²) in [5, 5.41) is 18.3. The number of anilines is 2. The summed E-state index contributed by atoms with van der Waals surface area (Å²) in [4.78, 5) is 9.17. The topological polar surface area (TPSA) is 90.5 Å². The molecule has 5 rings (SSSR count). The van der Waals surface area contributed by atoms with Crippen molar-refractivity contribution in [3.8, 4) is 22.5 Å². The van der Waals surface area contributed by atoms with Gasteiger partial charge >= 0.3 is 0 Å². The molecule has 0 atom stereocenters. The standard InChI is InChI=1S/C29H35N7/c1-28(2)16-23(17-29(3,4)36-28)31-18-20-10-12-22(13-11-20)33-27-30-15-14-25(34-27)24-19-32-35-26(24)21-8-6-5-7-9-21/h5-15,19,23,31,36H,16-18H2,1-4H3,(H,32,35)(H,30,33,34). The fraction of sp³-hybridized carbons (Fsp3) is 0.345. The van der Waals surface area contributed by atoms with Gasteiger partial charge in [0, 0.05) is 52.9 Å². The summed E-state index contributed by atoms with van der Waals surface area (Å²) in [6, 6.07) is 21.0. The average Bonchev–Trinajstić information content (AvgIpc) is 3.33. The van der Waals surface area contributed by atoms with E-state index in [1.165, 1.54) is 5.56 Å². The van der Waals surface area contributed by atoms with Gasteiger partial charge in [0.2, 0.25) is 5.95 Å². The summed E-state index contributed by atoms with van der Waals surface area (Å²) in [6.45, 7) is 10.0. The van der Waals surface area contributed by atoms with Crippen LogP contribution in [0.5, 0.6) is 0 Å². The van der Waals surface area contributed by atoms with Gasteiger partial charge in [0.1, 0.15) is 5.69 Å². The van der Waals surface area contributed by atoms with Crippen LogP contribution in [0.25, 0.3) is 22.5 Å². The summed E-state index contributed by atoms with van der Waals surface area (Å²) in [7, 11) is 0. The van der Waals surface area contributed by atoms with Crippen molar-refractivity contribution in [2.75, 3.05) is 5.32 Å². The Hall–Kier alpha value is -3.55. The highest BCUT2D eigenvalue weighted by atomic mass is 15.1. The molecule has 1 fully saturated rings. The average molecular weight is 482 g/mol. The van der Waals surface area contributed by atoms with Gasteiger partial charge in [-0.25, -0.2) is 9.97 Å². The van der Waals surface area contributed by atoms with Gasteiger partial charge in [-0.15, -0.1) is 0 Å². The molecule has 0 aliphatic carbocycles. The molecule has 4 N–H and O–H groups in total. The third-order valence-corrected chi connectivity index (χ3v) is 6.61. The number of nitrogens with zero attached hydrogens (tertiary/aromatic N) is 3. The van der Waals surface area contributed by atoms with E-state index in [1.54, 1.807) is 6.20 Å². The number of hydrogen-bond acceptors (Lipinski definition) is 6. The molecule has 0 unspecified atom stereocenters. The van der Waals surface area contributed by atoms with E-state index in [0.717, 1.165) is 47.6 Å². The van der Waals surface area contributed by atoms with Crippen molar-refractivity contribution in [1.82, 2.24) is 30.8 Å². The number of aromatic nitrogens is 4. The quantitative estimate of drug-likeness (QED) is 0.272. The summed E-state index contributed by atoms with van der Waals surface area (Å²) < 4.78 is 0. The third-order valence-electron chi connectivity index (χ3n) is 6.61. The van der Waals surface area contributed by atoms with Crippen molar-refractivity contribution in [2.45, 2.75) is 64.2 Å². The first-order valence-corrected chi connectivity index (χ1v) is 12.6. The first-order chi connectivity index (χ1) is 17.3. The maximum absolute atomic E-state index is 4.74. The van der Waals surface area contributed by atoms with Crippen LogP contribution in [0.1, 0.15) is 46.1 Å². The predicted octanol–water partition coefficient (Wildman–Crippen LogP) is 5.68. The van der Waals surface area contributed by atoms with Crippen molar-refractivity contribution in [3.05, 3.63) is 78.6 Å². The van der Waals surface area contributed by atoms with Gasteiger partial charge in [-0.05, 0) is 64.3 Å². The van der Waals surface area contributed by atoms with E-state index in [1.807, 2.05) is 42.6 Å². The third kappa shape index (κ3) is 5.80. The second-order valence-electron chi connectivity index (χ2n) is 11.0. The largest absolute Gasteiger partial charge is 0.324 e. The molecule has 0 amide bonds. The second-order valence-corrected chi connectivity index (χ2v) is 11.0. The number of benzene rings is 2. The molecule has 0 saturated carbocycles. The minimum Gasteiger partial charge on any atom is -0.324 e. The molecule has 0 bridgehead atoms. The highest BCUT2D eigenvalue weighted by Crippen LogP contribution is 2.30. The normalized spacial score (nSPS) is 17.1. The number of H-pyrrole nitrogens is 1. The highest BCUT2D eigenvalue weighted by Gasteiger charge is 2.37. The number of aromatic amines is 1. The molecule has 1 aliphatic rings. The van der Waals surface area contributed by atoms with E-state index >= 15 is 0 Å². The highest BCUT2D eigenvalue weighted by molar-refractivity contribution is 5.78. The van der Waals surface area contributed by atoms with Gasteiger partial charge in [0.15, 0.2) is 0 Å². The molecule has 1 aliphatic heterocycles. The van der Waals surface area contributed by atoms with E-state index in [-0.39, 0.29) is 11.1 Å². The van der Waals surface area contributed by atoms with Crippen LogP contribution in [0.3, 0.4) is 0 Å². The number of nitrogens with one attached hydrogen (secondary N) is 4. The van der Waals surface area contributed by atoms with Crippen molar-refractivity contribution < 1.29 is 0 Å². The summed E-state index contributed by atoms with van der Waals surface area (Å²) >= 11 is 0. The van der Waals surface area contributed by atoms with Crippen LogP contribution in [0.15, 0.2) is 73.1 Å². The number of hydrogen-bond donors (Lipinski definition) is 4. The Balaban J connectivity index is 1.23. The summed E-state index contributed by atoms with van der Waals surface area (Å²) in [5.41, 5.74) is 6.16. The molecule has 2 aromatic heterocycles. The molecule has 4 aromatic rings. The fourth-order valence-electron chi connectivity index (χ4n) is 5.43. The Kier molecular flexibility index (Phi) is 6.60. The minimum absolute atomic E-state index is 0.139. The first-order valence-electron chi connectivity index (χ1n) is 12.6. The van der Waals surface area contributed by atoms with E-state index in [2.05, 4.69) is 83.1 Å². The van der Waals surface area contributed by atoms with Crippen LogP contribution >= 0.6 is 0 Å². The van der Waals surface area contributed by atoms with E-state index in [9.17, 15) is 0 Å². The van der Waals surface area contributed by atoms with Gasteiger partial charge in [-0.1, -0.05) is 42.5 Å². The zero-order valence-corrected chi connectivity index (χ0v) is 21.5. The van der Waals surface area contributed by atoms with Gasteiger partial charge < -0.3 is 16.0 Å². The lowest BCUT2D eigenvalue weighted by Crippen LogP contribution is -2.61. The molecule has 0 radical (unpaired) electrons. The number of rotatable bonds is 7. The Labute approximate surface area is 213 Å². The van der Waals surface area contributed by atoms with Gasteiger partial charge in [-0.3, -0.25) is 5.10 Å². The lowest BCUT2D eigenvalue weighted by atomic mass is 9.79. The van der Waals surface area contributed by atoms with Gasteiger partial charge in [-0.2, -0.15) is 5.10 Å². The van der Waals surface area contributed by atoms with Crippen LogP contribution in [-0.2, 0) is 6.54 Å². The van der Waals surface area contributed by atoms with E-state index < -0.39 is 0 Å². The minimum atomic E-state index is 0.139. The van der Waals surface area contributed by atoms with Crippen LogP contribution < -0.4 is 16.0 Å². The lowest BCUT2D eigenvalue weighted by molar-refractivity contribution is 0.145. The Morgan fingerprint density at radius 1 is 0.917 bits per heavy atom. The van der Waals surface area contributed by atoms with Crippen molar-refractivity contribution >= 4 is 11.6 Å². The Morgan fingerprint density at radius 3 is 2.36 bits per heavy atom. The molecule has 2 aromatic carbocycles. The smallest absolute Gasteiger partial charge is 0.227 e. The van der Waals surface area contributed by atoms with Crippen molar-refractivity contribution in [2.24, 2.45) is 0 Å². The fourth-order valence-corrected chi connectivity index (χ4v) is 5.43. The second kappa shape index (κ2) is 9.84. The monoisotopic (exact) mass is 481 g/mol. The predicted molar refractivity (Wildman–Crippen MR) is 146 cm³/mol. The molecule has 3 heterocycles. The zero-order chi connectivity index (χ0) is 25.2. The van der Waals surface area contributed by atoms with Crippen molar-refractivity contribution in [1.29, 1.82) is 0 Å². The lowest BCUT2D eigenvalue weighted by Gasteiger charge is -2.46. The molecule has 7 heteroatoms. The Morgan fingerprint density at radius 2 is 1.64 bits per heavy atom. The maximum atomic E-state index is 4.74. The Bertz CT molecular complexity index is 1280. The van der Waals surface area contributed by atoms with Crippen molar-refractivity contribution in [3.63, 3.8) is 0 Å². The van der Waals surface area contributed by atoms with E-state index in [4.69, 9.17) is 4.98 Å². The molecule has 186 valence electrons. The molecular weight excluding hydrogens is 446 g/mol. The SMILES string of the molecule is CC1(C)CC(NCc2ccc(Nc3nccc(-c4c[nH]nc4-c4ccccc4)n3)cc2)CC(C)(C)N1. The molecule has 7 nitrogen and oxygen atoms in total. The summed E-state index contributed by atoms with van der Waals surface area (Å²) in [6.07, 6.45) is 5.88. The maximum Gasteiger partial charge on any atom is 0.227 e. The van der Waals surface area contributed by atoms with E-state index in [0.29, 0.717) is 12.0 Å². The molecule has 36 heavy (non-hydrogen) atoms. The molecular formula is C29H35N7. The summed E-state index contributed by atoms with van der Waals surface area (Å²) in [5.74, 6) is 0.553. The van der Waals surface area contributed by atoms with Crippen LogP contribution in [-0.4, -0.2) is 37.3 Å².